The molecule has 94 valence electrons. The minimum Gasteiger partial charge on any atom is -0.393 e. The molecule has 0 aromatic heterocycles. The van der Waals surface area contributed by atoms with Crippen LogP contribution in [0.25, 0.3) is 0 Å². The standard InChI is InChI=1S/C12H16ClFN2S/c1-8(12(15)17)6-16(2)7-9-5-10(13)3-4-11(9)14/h3-5,8H,6-7H2,1-2H3,(H2,15,17). The predicted octanol–water partition coefficient (Wildman–Crippen LogP) is 2.83. The van der Waals surface area contributed by atoms with Crippen molar-refractivity contribution in [3.05, 3.63) is 34.6 Å². The van der Waals surface area contributed by atoms with Gasteiger partial charge in [0.25, 0.3) is 0 Å². The lowest BCUT2D eigenvalue weighted by atomic mass is 10.1. The molecule has 0 bridgehead atoms. The van der Waals surface area contributed by atoms with Gasteiger partial charge in [0.1, 0.15) is 5.82 Å². The molecule has 17 heavy (non-hydrogen) atoms. The van der Waals surface area contributed by atoms with Crippen molar-refractivity contribution >= 4 is 28.8 Å². The first-order valence-electron chi connectivity index (χ1n) is 5.32. The molecule has 1 aromatic rings. The number of rotatable bonds is 5. The van der Waals surface area contributed by atoms with Crippen LogP contribution in [0, 0.1) is 11.7 Å². The Labute approximate surface area is 112 Å². The fraction of sp³-hybridized carbons (Fsp3) is 0.417. The molecule has 0 amide bonds. The minimum atomic E-state index is -0.246. The van der Waals surface area contributed by atoms with Gasteiger partial charge in [-0.05, 0) is 25.2 Å². The van der Waals surface area contributed by atoms with Crippen molar-refractivity contribution in [2.45, 2.75) is 13.5 Å². The Balaban J connectivity index is 2.64. The second-order valence-electron chi connectivity index (χ2n) is 4.24. The van der Waals surface area contributed by atoms with E-state index in [-0.39, 0.29) is 11.7 Å². The summed E-state index contributed by atoms with van der Waals surface area (Å²) in [5, 5.41) is 0.539. The van der Waals surface area contributed by atoms with Gasteiger partial charge in [-0.15, -0.1) is 0 Å². The number of nitrogens with zero attached hydrogens (tertiary/aromatic N) is 1. The SMILES string of the molecule is CC(CN(C)Cc1cc(Cl)ccc1F)C(N)=S. The van der Waals surface area contributed by atoms with Gasteiger partial charge in [0, 0.05) is 29.6 Å². The van der Waals surface area contributed by atoms with Gasteiger partial charge in [-0.2, -0.15) is 0 Å². The molecule has 2 nitrogen and oxygen atoms in total. The highest BCUT2D eigenvalue weighted by atomic mass is 35.5. The third-order valence-electron chi connectivity index (χ3n) is 2.52. The predicted molar refractivity (Wildman–Crippen MR) is 73.7 cm³/mol. The van der Waals surface area contributed by atoms with Crippen molar-refractivity contribution in [3.63, 3.8) is 0 Å². The quantitative estimate of drug-likeness (QED) is 0.838. The zero-order valence-electron chi connectivity index (χ0n) is 9.91. The van der Waals surface area contributed by atoms with Crippen LogP contribution < -0.4 is 5.73 Å². The molecular formula is C12H16ClFN2S. The van der Waals surface area contributed by atoms with Crippen molar-refractivity contribution in [2.24, 2.45) is 11.7 Å². The van der Waals surface area contributed by atoms with E-state index in [9.17, 15) is 4.39 Å². The molecule has 1 unspecified atom stereocenters. The van der Waals surface area contributed by atoms with Crippen LogP contribution in [0.15, 0.2) is 18.2 Å². The van der Waals surface area contributed by atoms with Crippen molar-refractivity contribution in [2.75, 3.05) is 13.6 Å². The number of thiocarbonyl (C=S) groups is 1. The van der Waals surface area contributed by atoms with Crippen LogP contribution in [-0.4, -0.2) is 23.5 Å². The largest absolute Gasteiger partial charge is 0.393 e. The van der Waals surface area contributed by atoms with Gasteiger partial charge in [-0.25, -0.2) is 4.39 Å². The summed E-state index contributed by atoms with van der Waals surface area (Å²) in [6, 6.07) is 4.55. The lowest BCUT2D eigenvalue weighted by molar-refractivity contribution is 0.303. The first-order chi connectivity index (χ1) is 7.90. The summed E-state index contributed by atoms with van der Waals surface area (Å²) in [6.45, 7) is 3.13. The molecule has 0 radical (unpaired) electrons. The third-order valence-corrected chi connectivity index (χ3v) is 3.16. The lowest BCUT2D eigenvalue weighted by Crippen LogP contribution is -2.31. The van der Waals surface area contributed by atoms with E-state index in [1.54, 1.807) is 6.07 Å². The number of hydrogen-bond acceptors (Lipinski definition) is 2. The molecule has 0 fully saturated rings. The van der Waals surface area contributed by atoms with Gasteiger partial charge < -0.3 is 10.6 Å². The molecule has 1 atom stereocenters. The summed E-state index contributed by atoms with van der Waals surface area (Å²) in [7, 11) is 1.90. The molecule has 0 aliphatic rings. The van der Waals surface area contributed by atoms with Gasteiger partial charge >= 0.3 is 0 Å². The van der Waals surface area contributed by atoms with E-state index in [0.29, 0.717) is 28.7 Å². The Morgan fingerprint density at radius 1 is 1.59 bits per heavy atom. The van der Waals surface area contributed by atoms with Crippen LogP contribution in [0.3, 0.4) is 0 Å². The summed E-state index contributed by atoms with van der Waals surface area (Å²) in [5.41, 5.74) is 6.12. The van der Waals surface area contributed by atoms with Crippen LogP contribution in [0.1, 0.15) is 12.5 Å². The van der Waals surface area contributed by atoms with Gasteiger partial charge in [0.2, 0.25) is 0 Å². The Kier molecular flexibility index (Phi) is 5.31. The van der Waals surface area contributed by atoms with E-state index < -0.39 is 0 Å². The summed E-state index contributed by atoms with van der Waals surface area (Å²) in [4.78, 5) is 2.45. The minimum absolute atomic E-state index is 0.109. The fourth-order valence-electron chi connectivity index (χ4n) is 1.58. The monoisotopic (exact) mass is 274 g/mol. The summed E-state index contributed by atoms with van der Waals surface area (Å²) in [5.74, 6) is -0.138. The Morgan fingerprint density at radius 2 is 2.24 bits per heavy atom. The summed E-state index contributed by atoms with van der Waals surface area (Å²) < 4.78 is 13.5. The molecule has 0 spiro atoms. The zero-order valence-corrected chi connectivity index (χ0v) is 11.5. The van der Waals surface area contributed by atoms with Gasteiger partial charge in [-0.3, -0.25) is 0 Å². The molecule has 0 aliphatic carbocycles. The highest BCUT2D eigenvalue weighted by molar-refractivity contribution is 7.80. The number of nitrogens with two attached hydrogens (primary N) is 1. The zero-order chi connectivity index (χ0) is 13.0. The molecule has 0 heterocycles. The van der Waals surface area contributed by atoms with E-state index in [1.165, 1.54) is 12.1 Å². The number of benzene rings is 1. The molecule has 0 saturated heterocycles. The maximum atomic E-state index is 13.5. The van der Waals surface area contributed by atoms with Gasteiger partial charge in [0.05, 0.1) is 4.99 Å². The Hall–Kier alpha value is -0.710. The van der Waals surface area contributed by atoms with E-state index in [1.807, 2.05) is 18.9 Å². The van der Waals surface area contributed by atoms with E-state index in [2.05, 4.69) is 0 Å². The van der Waals surface area contributed by atoms with Crippen molar-refractivity contribution in [1.82, 2.24) is 4.90 Å². The molecule has 5 heteroatoms. The topological polar surface area (TPSA) is 29.3 Å². The normalized spacial score (nSPS) is 12.8. The first-order valence-corrected chi connectivity index (χ1v) is 6.10. The van der Waals surface area contributed by atoms with E-state index in [0.717, 1.165) is 0 Å². The molecule has 2 N–H and O–H groups in total. The average molecular weight is 275 g/mol. The van der Waals surface area contributed by atoms with E-state index in [4.69, 9.17) is 29.6 Å². The van der Waals surface area contributed by atoms with Crippen LogP contribution in [-0.2, 0) is 6.54 Å². The smallest absolute Gasteiger partial charge is 0.127 e. The molecular weight excluding hydrogens is 259 g/mol. The van der Waals surface area contributed by atoms with Crippen LogP contribution in [0.2, 0.25) is 5.02 Å². The van der Waals surface area contributed by atoms with Crippen molar-refractivity contribution in [3.8, 4) is 0 Å². The maximum absolute atomic E-state index is 13.5. The number of hydrogen-bond donors (Lipinski definition) is 1. The average Bonchev–Trinajstić information content (AvgIpc) is 2.23. The van der Waals surface area contributed by atoms with Gasteiger partial charge in [-0.1, -0.05) is 30.7 Å². The highest BCUT2D eigenvalue weighted by Crippen LogP contribution is 2.16. The van der Waals surface area contributed by atoms with Crippen molar-refractivity contribution in [1.29, 1.82) is 0 Å². The second-order valence-corrected chi connectivity index (χ2v) is 5.14. The molecule has 0 saturated carbocycles. The van der Waals surface area contributed by atoms with Crippen LogP contribution in [0.5, 0.6) is 0 Å². The summed E-state index contributed by atoms with van der Waals surface area (Å²) in [6.07, 6.45) is 0. The second kappa shape index (κ2) is 6.28. The highest BCUT2D eigenvalue weighted by Gasteiger charge is 2.11. The van der Waals surface area contributed by atoms with E-state index >= 15 is 0 Å². The molecule has 0 aliphatic heterocycles. The van der Waals surface area contributed by atoms with Crippen molar-refractivity contribution < 1.29 is 4.39 Å². The summed E-state index contributed by atoms with van der Waals surface area (Å²) >= 11 is 10.7. The van der Waals surface area contributed by atoms with Gasteiger partial charge in [0.15, 0.2) is 0 Å². The van der Waals surface area contributed by atoms with Crippen LogP contribution in [0.4, 0.5) is 4.39 Å². The lowest BCUT2D eigenvalue weighted by Gasteiger charge is -2.20. The third kappa shape index (κ3) is 4.58. The maximum Gasteiger partial charge on any atom is 0.127 e. The Morgan fingerprint density at radius 3 is 2.82 bits per heavy atom. The Bertz CT molecular complexity index is 411. The number of halogens is 2. The first kappa shape index (κ1) is 14.4. The molecule has 1 aromatic carbocycles. The molecule has 1 rings (SSSR count). The fourth-order valence-corrected chi connectivity index (χ4v) is 1.85. The van der Waals surface area contributed by atoms with Crippen LogP contribution >= 0.6 is 23.8 Å².